The van der Waals surface area contributed by atoms with Gasteiger partial charge in [-0.2, -0.15) is 11.8 Å². The number of nitrogens with zero attached hydrogens (tertiary/aromatic N) is 1. The molecule has 2 atom stereocenters. The molecule has 0 bridgehead atoms. The molecule has 0 aromatic rings. The van der Waals surface area contributed by atoms with Gasteiger partial charge in [0.25, 0.3) is 0 Å². The molecule has 2 nitrogen and oxygen atoms in total. The second kappa shape index (κ2) is 4.86. The molecule has 84 valence electrons. The monoisotopic (exact) mass is 216 g/mol. The van der Waals surface area contributed by atoms with Crippen molar-refractivity contribution in [3.8, 4) is 0 Å². The molecule has 0 spiro atoms. The van der Waals surface area contributed by atoms with Gasteiger partial charge in [-0.25, -0.2) is 0 Å². The molecule has 1 saturated heterocycles. The lowest BCUT2D eigenvalue weighted by Gasteiger charge is -2.40. The van der Waals surface area contributed by atoms with Gasteiger partial charge in [0.2, 0.25) is 0 Å². The van der Waals surface area contributed by atoms with E-state index >= 15 is 0 Å². The van der Waals surface area contributed by atoms with E-state index in [0.717, 1.165) is 6.54 Å². The van der Waals surface area contributed by atoms with Gasteiger partial charge in [0.05, 0.1) is 0 Å². The number of rotatable bonds is 3. The molecule has 1 heterocycles. The van der Waals surface area contributed by atoms with E-state index in [1.165, 1.54) is 18.1 Å². The Hall–Kier alpha value is 0.270. The highest BCUT2D eigenvalue weighted by Crippen LogP contribution is 2.24. The maximum absolute atomic E-state index is 6.00. The second-order valence-electron chi connectivity index (χ2n) is 5.17. The highest BCUT2D eigenvalue weighted by atomic mass is 32.2. The van der Waals surface area contributed by atoms with E-state index in [-0.39, 0.29) is 11.5 Å². The van der Waals surface area contributed by atoms with Gasteiger partial charge in [-0.1, -0.05) is 13.8 Å². The molecule has 0 amide bonds. The number of hydrogen-bond donors (Lipinski definition) is 1. The first-order valence-corrected chi connectivity index (χ1v) is 6.66. The fourth-order valence-electron chi connectivity index (χ4n) is 1.66. The van der Waals surface area contributed by atoms with Gasteiger partial charge in [0.1, 0.15) is 0 Å². The van der Waals surface area contributed by atoms with Crippen molar-refractivity contribution in [2.75, 3.05) is 24.6 Å². The number of thioether (sulfide) groups is 1. The summed E-state index contributed by atoms with van der Waals surface area (Å²) in [5, 5.41) is 0. The van der Waals surface area contributed by atoms with Crippen LogP contribution in [0.15, 0.2) is 0 Å². The van der Waals surface area contributed by atoms with Gasteiger partial charge >= 0.3 is 0 Å². The van der Waals surface area contributed by atoms with Crippen LogP contribution >= 0.6 is 11.8 Å². The summed E-state index contributed by atoms with van der Waals surface area (Å²) in [6, 6.07) is 0.982. The van der Waals surface area contributed by atoms with Crippen LogP contribution in [0.2, 0.25) is 0 Å². The van der Waals surface area contributed by atoms with Gasteiger partial charge in [0, 0.05) is 36.7 Å². The van der Waals surface area contributed by atoms with Gasteiger partial charge in [0.15, 0.2) is 0 Å². The highest BCUT2D eigenvalue weighted by Gasteiger charge is 2.29. The summed E-state index contributed by atoms with van der Waals surface area (Å²) < 4.78 is 0. The maximum Gasteiger partial charge on any atom is 0.0158 e. The van der Waals surface area contributed by atoms with Crippen LogP contribution in [0.5, 0.6) is 0 Å². The third-order valence-electron chi connectivity index (χ3n) is 3.35. The van der Waals surface area contributed by atoms with Crippen LogP contribution in [0.3, 0.4) is 0 Å². The molecular weight excluding hydrogens is 192 g/mol. The zero-order valence-electron chi connectivity index (χ0n) is 9.92. The van der Waals surface area contributed by atoms with Crippen LogP contribution in [-0.2, 0) is 0 Å². The molecule has 1 aliphatic heterocycles. The third kappa shape index (κ3) is 3.14. The predicted octanol–water partition coefficient (Wildman–Crippen LogP) is 1.80. The third-order valence-corrected chi connectivity index (χ3v) is 4.54. The minimum absolute atomic E-state index is 0.232. The fourth-order valence-corrected chi connectivity index (χ4v) is 2.75. The van der Waals surface area contributed by atoms with Crippen molar-refractivity contribution in [3.05, 3.63) is 0 Å². The molecule has 0 saturated carbocycles. The molecule has 1 rings (SSSR count). The molecule has 3 heteroatoms. The smallest absolute Gasteiger partial charge is 0.0158 e. The molecule has 0 radical (unpaired) electrons. The van der Waals surface area contributed by atoms with E-state index in [1.54, 1.807) is 0 Å². The first-order chi connectivity index (χ1) is 6.43. The summed E-state index contributed by atoms with van der Waals surface area (Å²) >= 11 is 2.07. The van der Waals surface area contributed by atoms with Gasteiger partial charge in [-0.3, -0.25) is 4.90 Å². The van der Waals surface area contributed by atoms with Gasteiger partial charge in [-0.15, -0.1) is 0 Å². The first-order valence-electron chi connectivity index (χ1n) is 5.51. The normalized spacial score (nSPS) is 27.6. The maximum atomic E-state index is 6.00. The van der Waals surface area contributed by atoms with E-state index < -0.39 is 0 Å². The van der Waals surface area contributed by atoms with Crippen LogP contribution in [0.4, 0.5) is 0 Å². The van der Waals surface area contributed by atoms with E-state index in [2.05, 4.69) is 44.4 Å². The Kier molecular flexibility index (Phi) is 4.29. The van der Waals surface area contributed by atoms with Crippen molar-refractivity contribution in [2.24, 2.45) is 11.1 Å². The van der Waals surface area contributed by atoms with Crippen LogP contribution < -0.4 is 5.73 Å². The summed E-state index contributed by atoms with van der Waals surface area (Å²) in [6.07, 6.45) is 0. The molecule has 0 aromatic heterocycles. The van der Waals surface area contributed by atoms with E-state index in [4.69, 9.17) is 5.73 Å². The average molecular weight is 216 g/mol. The summed E-state index contributed by atoms with van der Waals surface area (Å²) in [6.45, 7) is 11.3. The lowest BCUT2D eigenvalue weighted by atomic mass is 9.85. The summed E-state index contributed by atoms with van der Waals surface area (Å²) in [5.74, 6) is 2.55. The van der Waals surface area contributed by atoms with Crippen molar-refractivity contribution in [1.82, 2.24) is 4.90 Å². The predicted molar refractivity (Wildman–Crippen MR) is 65.8 cm³/mol. The molecule has 0 aliphatic carbocycles. The minimum atomic E-state index is 0.232. The van der Waals surface area contributed by atoms with Crippen LogP contribution in [0, 0.1) is 5.41 Å². The minimum Gasteiger partial charge on any atom is -0.327 e. The lowest BCUT2D eigenvalue weighted by molar-refractivity contribution is 0.134. The summed E-state index contributed by atoms with van der Waals surface area (Å²) in [4.78, 5) is 2.58. The topological polar surface area (TPSA) is 29.3 Å². The Morgan fingerprint density at radius 1 is 1.57 bits per heavy atom. The SMILES string of the molecule is CC1CSCCN1CC(C)(C)C(C)N. The zero-order valence-corrected chi connectivity index (χ0v) is 10.7. The van der Waals surface area contributed by atoms with E-state index in [1.807, 2.05) is 0 Å². The zero-order chi connectivity index (χ0) is 10.8. The Balaban J connectivity index is 2.49. The molecule has 2 unspecified atom stereocenters. The van der Waals surface area contributed by atoms with Crippen LogP contribution in [0.1, 0.15) is 27.7 Å². The number of nitrogens with two attached hydrogens (primary N) is 1. The van der Waals surface area contributed by atoms with E-state index in [0.29, 0.717) is 6.04 Å². The van der Waals surface area contributed by atoms with Gasteiger partial charge < -0.3 is 5.73 Å². The Morgan fingerprint density at radius 3 is 2.71 bits per heavy atom. The summed E-state index contributed by atoms with van der Waals surface area (Å²) in [7, 11) is 0. The highest BCUT2D eigenvalue weighted by molar-refractivity contribution is 7.99. The largest absolute Gasteiger partial charge is 0.327 e. The molecule has 14 heavy (non-hydrogen) atoms. The standard InChI is InChI=1S/C11H24N2S/c1-9-7-14-6-5-13(9)8-11(3,4)10(2)12/h9-10H,5-8,12H2,1-4H3. The van der Waals surface area contributed by atoms with Crippen molar-refractivity contribution >= 4 is 11.8 Å². The van der Waals surface area contributed by atoms with Gasteiger partial charge in [-0.05, 0) is 19.3 Å². The molecule has 2 N–H and O–H groups in total. The Morgan fingerprint density at radius 2 is 2.21 bits per heavy atom. The molecule has 1 fully saturated rings. The van der Waals surface area contributed by atoms with Crippen LogP contribution in [-0.4, -0.2) is 41.6 Å². The number of hydrogen-bond acceptors (Lipinski definition) is 3. The van der Waals surface area contributed by atoms with Crippen LogP contribution in [0.25, 0.3) is 0 Å². The van der Waals surface area contributed by atoms with Crippen molar-refractivity contribution in [1.29, 1.82) is 0 Å². The molecule has 0 aromatic carbocycles. The summed E-state index contributed by atoms with van der Waals surface area (Å²) in [5.41, 5.74) is 6.23. The first kappa shape index (κ1) is 12.3. The van der Waals surface area contributed by atoms with Crippen molar-refractivity contribution in [3.63, 3.8) is 0 Å². The quantitative estimate of drug-likeness (QED) is 0.780. The lowest BCUT2D eigenvalue weighted by Crippen LogP contribution is -2.49. The molecule has 1 aliphatic rings. The van der Waals surface area contributed by atoms with Crippen molar-refractivity contribution in [2.45, 2.75) is 39.8 Å². The second-order valence-corrected chi connectivity index (χ2v) is 6.32. The Labute approximate surface area is 92.6 Å². The van der Waals surface area contributed by atoms with Crippen molar-refractivity contribution < 1.29 is 0 Å². The fraction of sp³-hybridized carbons (Fsp3) is 1.00. The Bertz CT molecular complexity index is 180. The average Bonchev–Trinajstić information content (AvgIpc) is 2.08. The molecular formula is C11H24N2S. The van der Waals surface area contributed by atoms with E-state index in [9.17, 15) is 0 Å².